The van der Waals surface area contributed by atoms with E-state index < -0.39 is 6.09 Å². The number of fused-ring (bicyclic) bond motifs is 3. The second-order valence-corrected chi connectivity index (χ2v) is 8.28. The Bertz CT molecular complexity index is 830. The molecule has 0 aliphatic heterocycles. The molecule has 0 saturated heterocycles. The summed E-state index contributed by atoms with van der Waals surface area (Å²) in [6.45, 7) is 8.97. The summed E-state index contributed by atoms with van der Waals surface area (Å²) in [5.74, 6) is 0. The molecular formula is C22H31N3O2. The fraction of sp³-hybridized carbons (Fsp3) is 0.500. The highest BCUT2D eigenvalue weighted by molar-refractivity contribution is 5.92. The summed E-state index contributed by atoms with van der Waals surface area (Å²) in [5, 5.41) is 7.75. The van der Waals surface area contributed by atoms with Gasteiger partial charge in [0, 0.05) is 33.9 Å². The molecule has 1 atom stereocenters. The van der Waals surface area contributed by atoms with Crippen LogP contribution in [0.5, 0.6) is 0 Å². The van der Waals surface area contributed by atoms with Crippen LogP contribution in [0.2, 0.25) is 0 Å². The van der Waals surface area contributed by atoms with Crippen LogP contribution in [0.4, 0.5) is 10.5 Å². The predicted molar refractivity (Wildman–Crippen MR) is 111 cm³/mol. The summed E-state index contributed by atoms with van der Waals surface area (Å²) < 4.78 is 5.17. The van der Waals surface area contributed by atoms with Crippen molar-refractivity contribution in [2.75, 3.05) is 11.9 Å². The van der Waals surface area contributed by atoms with Gasteiger partial charge in [0.1, 0.15) is 6.61 Å². The van der Waals surface area contributed by atoms with Crippen LogP contribution in [0.25, 0.3) is 10.9 Å². The number of allylic oxidation sites excluding steroid dienone is 1. The van der Waals surface area contributed by atoms with Crippen LogP contribution in [-0.4, -0.2) is 29.3 Å². The van der Waals surface area contributed by atoms with Crippen LogP contribution < -0.4 is 10.6 Å². The van der Waals surface area contributed by atoms with Crippen molar-refractivity contribution in [1.29, 1.82) is 0 Å². The van der Waals surface area contributed by atoms with Gasteiger partial charge in [0.05, 0.1) is 0 Å². The summed E-state index contributed by atoms with van der Waals surface area (Å²) >= 11 is 0. The van der Waals surface area contributed by atoms with Gasteiger partial charge in [-0.15, -0.1) is 0 Å². The van der Waals surface area contributed by atoms with Crippen molar-refractivity contribution in [2.24, 2.45) is 0 Å². The molecule has 1 aliphatic carbocycles. The summed E-state index contributed by atoms with van der Waals surface area (Å²) in [7, 11) is 0. The van der Waals surface area contributed by atoms with Crippen molar-refractivity contribution < 1.29 is 9.53 Å². The molecule has 1 aromatic carbocycles. The van der Waals surface area contributed by atoms with E-state index in [9.17, 15) is 4.79 Å². The van der Waals surface area contributed by atoms with E-state index in [-0.39, 0.29) is 5.54 Å². The first-order valence-electron chi connectivity index (χ1n) is 9.85. The number of hydrogen-bond acceptors (Lipinski definition) is 3. The molecule has 0 spiro atoms. The summed E-state index contributed by atoms with van der Waals surface area (Å²) in [6, 6.07) is 6.47. The summed E-state index contributed by atoms with van der Waals surface area (Å²) in [4.78, 5) is 15.5. The first-order chi connectivity index (χ1) is 12.9. The number of benzene rings is 1. The first kappa shape index (κ1) is 19.5. The number of ether oxygens (including phenoxy) is 1. The number of aromatic amines is 1. The highest BCUT2D eigenvalue weighted by atomic mass is 16.5. The van der Waals surface area contributed by atoms with Gasteiger partial charge in [0.15, 0.2) is 0 Å². The number of H-pyrrole nitrogens is 1. The molecule has 1 amide bonds. The fourth-order valence-corrected chi connectivity index (χ4v) is 3.74. The minimum absolute atomic E-state index is 0.108. The topological polar surface area (TPSA) is 66.1 Å². The van der Waals surface area contributed by atoms with Crippen molar-refractivity contribution in [1.82, 2.24) is 10.3 Å². The van der Waals surface area contributed by atoms with E-state index in [0.717, 1.165) is 36.9 Å². The number of hydrogen-bond donors (Lipinski definition) is 3. The lowest BCUT2D eigenvalue weighted by atomic mass is 9.90. The second kappa shape index (κ2) is 8.17. The van der Waals surface area contributed by atoms with Crippen molar-refractivity contribution in [3.63, 3.8) is 0 Å². The van der Waals surface area contributed by atoms with Gasteiger partial charge in [-0.2, -0.15) is 0 Å². The Labute approximate surface area is 161 Å². The van der Waals surface area contributed by atoms with Crippen LogP contribution in [-0.2, 0) is 17.6 Å². The van der Waals surface area contributed by atoms with E-state index in [1.54, 1.807) is 0 Å². The van der Waals surface area contributed by atoms with Crippen molar-refractivity contribution in [3.8, 4) is 0 Å². The molecule has 1 heterocycles. The Kier molecular flexibility index (Phi) is 5.90. The molecule has 1 aliphatic rings. The Morgan fingerprint density at radius 3 is 2.89 bits per heavy atom. The third kappa shape index (κ3) is 5.13. The van der Waals surface area contributed by atoms with Gasteiger partial charge in [-0.3, -0.25) is 5.32 Å². The van der Waals surface area contributed by atoms with E-state index in [4.69, 9.17) is 4.74 Å². The van der Waals surface area contributed by atoms with E-state index >= 15 is 0 Å². The van der Waals surface area contributed by atoms with Crippen molar-refractivity contribution >= 4 is 22.7 Å². The lowest BCUT2D eigenvalue weighted by molar-refractivity contribution is 0.174. The molecule has 2 aromatic rings. The molecule has 0 radical (unpaired) electrons. The van der Waals surface area contributed by atoms with Crippen LogP contribution in [0.15, 0.2) is 30.4 Å². The summed E-state index contributed by atoms with van der Waals surface area (Å²) in [5.41, 5.74) is 4.68. The smallest absolute Gasteiger partial charge is 0.411 e. The Morgan fingerprint density at radius 1 is 1.33 bits per heavy atom. The lowest BCUT2D eigenvalue weighted by Gasteiger charge is -2.31. The van der Waals surface area contributed by atoms with E-state index in [1.165, 1.54) is 16.6 Å². The fourth-order valence-electron chi connectivity index (χ4n) is 3.74. The van der Waals surface area contributed by atoms with Gasteiger partial charge in [-0.1, -0.05) is 19.1 Å². The molecular weight excluding hydrogens is 338 g/mol. The minimum atomic E-state index is -0.424. The number of amides is 1. The number of rotatable bonds is 5. The zero-order valence-corrected chi connectivity index (χ0v) is 16.8. The number of aryl methyl sites for hydroxylation is 1. The molecule has 1 unspecified atom stereocenters. The molecule has 3 N–H and O–H groups in total. The Hall–Kier alpha value is -2.27. The van der Waals surface area contributed by atoms with E-state index in [1.807, 2.05) is 37.3 Å². The molecule has 0 saturated carbocycles. The number of anilines is 1. The highest BCUT2D eigenvalue weighted by Gasteiger charge is 2.25. The molecule has 5 heteroatoms. The van der Waals surface area contributed by atoms with Gasteiger partial charge in [-0.05, 0) is 70.2 Å². The maximum Gasteiger partial charge on any atom is 0.411 e. The van der Waals surface area contributed by atoms with Crippen LogP contribution >= 0.6 is 0 Å². The molecule has 0 bridgehead atoms. The molecule has 146 valence electrons. The normalized spacial score (nSPS) is 17.3. The van der Waals surface area contributed by atoms with Gasteiger partial charge in [-0.25, -0.2) is 4.79 Å². The minimum Gasteiger partial charge on any atom is -0.445 e. The zero-order valence-electron chi connectivity index (χ0n) is 16.8. The predicted octanol–water partition coefficient (Wildman–Crippen LogP) is 4.93. The van der Waals surface area contributed by atoms with E-state index in [2.05, 4.69) is 36.4 Å². The molecule has 0 fully saturated rings. The number of carbonyl (C=O) groups excluding carboxylic acids is 1. The van der Waals surface area contributed by atoms with Gasteiger partial charge in [0.25, 0.3) is 0 Å². The highest BCUT2D eigenvalue weighted by Crippen LogP contribution is 2.31. The summed E-state index contributed by atoms with van der Waals surface area (Å²) in [6.07, 6.45) is 7.53. The van der Waals surface area contributed by atoms with Gasteiger partial charge in [0.2, 0.25) is 0 Å². The van der Waals surface area contributed by atoms with Crippen LogP contribution in [0.1, 0.15) is 51.8 Å². The third-order valence-corrected chi connectivity index (χ3v) is 4.78. The largest absolute Gasteiger partial charge is 0.445 e. The third-order valence-electron chi connectivity index (χ3n) is 4.78. The maximum absolute atomic E-state index is 12.0. The van der Waals surface area contributed by atoms with Crippen LogP contribution in [0.3, 0.4) is 0 Å². The first-order valence-corrected chi connectivity index (χ1v) is 9.85. The molecule has 3 rings (SSSR count). The molecule has 27 heavy (non-hydrogen) atoms. The average molecular weight is 370 g/mol. The Balaban J connectivity index is 1.73. The van der Waals surface area contributed by atoms with Crippen molar-refractivity contribution in [3.05, 3.63) is 41.6 Å². The molecule has 1 aromatic heterocycles. The Morgan fingerprint density at radius 2 is 2.15 bits per heavy atom. The second-order valence-electron chi connectivity index (χ2n) is 8.28. The average Bonchev–Trinajstić information content (AvgIpc) is 2.95. The van der Waals surface area contributed by atoms with Gasteiger partial charge < -0.3 is 15.0 Å². The van der Waals surface area contributed by atoms with Gasteiger partial charge >= 0.3 is 6.09 Å². The van der Waals surface area contributed by atoms with Crippen LogP contribution in [0, 0.1) is 0 Å². The lowest BCUT2D eigenvalue weighted by Crippen LogP contribution is -2.46. The number of nitrogens with one attached hydrogen (secondary N) is 3. The quantitative estimate of drug-likeness (QED) is 0.655. The zero-order chi connectivity index (χ0) is 19.4. The SMILES string of the molecule is CCC=CCOC(=O)Nc1ccc2[nH]c3c(c2c1)CC(NC(C)(C)C)CC3. The monoisotopic (exact) mass is 369 g/mol. The van der Waals surface area contributed by atoms with Crippen molar-refractivity contribution in [2.45, 2.75) is 65.0 Å². The van der Waals surface area contributed by atoms with E-state index in [0.29, 0.717) is 12.6 Å². The standard InChI is InChI=1S/C22H31N3O2/c1-5-6-7-12-27-21(26)23-15-8-10-19-17(13-15)18-14-16(25-22(2,3)4)9-11-20(18)24-19/h6-8,10,13,16,24-25H,5,9,11-12,14H2,1-4H3,(H,23,26). The number of carbonyl (C=O) groups is 1. The maximum atomic E-state index is 12.0. The molecule has 5 nitrogen and oxygen atoms in total. The number of aromatic nitrogens is 1.